The molecule has 0 atom stereocenters. The van der Waals surface area contributed by atoms with Gasteiger partial charge in [0, 0.05) is 77.1 Å². The lowest BCUT2D eigenvalue weighted by Crippen LogP contribution is -2.05. The van der Waals surface area contributed by atoms with Crippen molar-refractivity contribution in [3.05, 3.63) is 279 Å². The fourth-order valence-electron chi connectivity index (χ4n) is 12.0. The molecule has 0 spiro atoms. The molecule has 16 rings (SSSR count). The molecule has 0 aliphatic rings. The van der Waals surface area contributed by atoms with Crippen LogP contribution in [-0.2, 0) is 0 Å². The van der Waals surface area contributed by atoms with Crippen molar-refractivity contribution in [1.82, 2.24) is 38.6 Å². The van der Waals surface area contributed by atoms with Crippen molar-refractivity contribution in [2.45, 2.75) is 0 Å². The van der Waals surface area contributed by atoms with Gasteiger partial charge in [-0.15, -0.1) is 0 Å². The van der Waals surface area contributed by atoms with Crippen LogP contribution in [0.15, 0.2) is 279 Å². The van der Waals surface area contributed by atoms with Crippen LogP contribution < -0.4 is 0 Å². The van der Waals surface area contributed by atoms with Crippen LogP contribution in [0.2, 0.25) is 0 Å². The van der Waals surface area contributed by atoms with Crippen molar-refractivity contribution < 1.29 is 0 Å². The van der Waals surface area contributed by atoms with Gasteiger partial charge in [0.1, 0.15) is 0 Å². The summed E-state index contributed by atoms with van der Waals surface area (Å²) in [7, 11) is 0. The molecule has 0 bridgehead atoms. The number of hydrogen-bond donors (Lipinski definition) is 0. The maximum absolute atomic E-state index is 5.47. The third-order valence-electron chi connectivity index (χ3n) is 15.7. The highest BCUT2D eigenvalue weighted by Gasteiger charge is 2.24. The second kappa shape index (κ2) is 18.8. The largest absolute Gasteiger partial charge is 0.309 e. The standard InChI is InChI=1S/C73H46N8/c1-5-21-47(22-6-1)61-46-62(75-70(74-61)48-23-7-2-8-24-48)51-37-42-67(60(43-51)73-77-71(49-25-9-3-10-26-49)76-72(78-73)50-27-11-4-12-28-50)81-68-44-52(79-63-33-17-13-29-54(63)55-30-14-18-34-64(55)79)38-40-58(68)59-41-39-53(45-69(59)81)80-65-35-19-15-31-56(65)57-32-16-20-36-66(57)80/h1-46H. The van der Waals surface area contributed by atoms with Crippen LogP contribution in [-0.4, -0.2) is 38.6 Å². The van der Waals surface area contributed by atoms with E-state index in [4.69, 9.17) is 24.9 Å². The molecule has 0 N–H and O–H groups in total. The second-order valence-corrected chi connectivity index (χ2v) is 20.4. The van der Waals surface area contributed by atoms with E-state index in [1.165, 1.54) is 21.5 Å². The lowest BCUT2D eigenvalue weighted by Gasteiger charge is -2.17. The molecule has 8 heteroatoms. The zero-order chi connectivity index (χ0) is 53.4. The van der Waals surface area contributed by atoms with Crippen molar-refractivity contribution in [2.75, 3.05) is 0 Å². The third-order valence-corrected chi connectivity index (χ3v) is 15.7. The lowest BCUT2D eigenvalue weighted by atomic mass is 10.0. The monoisotopic (exact) mass is 1030 g/mol. The van der Waals surface area contributed by atoms with E-state index in [1.54, 1.807) is 0 Å². The second-order valence-electron chi connectivity index (χ2n) is 20.4. The van der Waals surface area contributed by atoms with E-state index in [0.717, 1.165) is 106 Å². The van der Waals surface area contributed by atoms with Gasteiger partial charge in [0.2, 0.25) is 0 Å². The van der Waals surface area contributed by atoms with Crippen LogP contribution in [0.1, 0.15) is 0 Å². The molecule has 81 heavy (non-hydrogen) atoms. The van der Waals surface area contributed by atoms with E-state index in [1.807, 2.05) is 72.8 Å². The van der Waals surface area contributed by atoms with Gasteiger partial charge in [-0.3, -0.25) is 0 Å². The van der Waals surface area contributed by atoms with Gasteiger partial charge in [-0.25, -0.2) is 24.9 Å². The van der Waals surface area contributed by atoms with Gasteiger partial charge < -0.3 is 13.7 Å². The molecule has 5 aromatic heterocycles. The minimum Gasteiger partial charge on any atom is -0.309 e. The Labute approximate surface area is 465 Å². The first-order valence-corrected chi connectivity index (χ1v) is 27.2. The van der Waals surface area contributed by atoms with Crippen LogP contribution in [0, 0.1) is 0 Å². The molecule has 0 unspecified atom stereocenters. The van der Waals surface area contributed by atoms with Crippen molar-refractivity contribution in [3.63, 3.8) is 0 Å². The summed E-state index contributed by atoms with van der Waals surface area (Å²) in [6, 6.07) is 98.2. The van der Waals surface area contributed by atoms with Gasteiger partial charge in [-0.05, 0) is 66.7 Å². The first-order valence-electron chi connectivity index (χ1n) is 27.2. The number of aromatic nitrogens is 8. The molecule has 5 heterocycles. The van der Waals surface area contributed by atoms with Crippen LogP contribution in [0.5, 0.6) is 0 Å². The van der Waals surface area contributed by atoms with Crippen LogP contribution >= 0.6 is 0 Å². The summed E-state index contributed by atoms with van der Waals surface area (Å²) >= 11 is 0. The number of para-hydroxylation sites is 4. The Morgan fingerprint density at radius 3 is 0.988 bits per heavy atom. The SMILES string of the molecule is c1ccc(-c2cc(-c3ccc(-n4c5cc(-n6c7ccccc7c7ccccc76)ccc5c5ccc(-n6c7ccccc7c7ccccc76)cc54)c(-c4nc(-c5ccccc5)nc(-c5ccccc5)n4)c3)nc(-c3ccccc3)n2)cc1. The fraction of sp³-hybridized carbons (Fsp3) is 0. The van der Waals surface area contributed by atoms with E-state index in [0.29, 0.717) is 23.3 Å². The molecular formula is C73H46N8. The summed E-state index contributed by atoms with van der Waals surface area (Å²) < 4.78 is 7.22. The van der Waals surface area contributed by atoms with Crippen LogP contribution in [0.25, 0.3) is 151 Å². The van der Waals surface area contributed by atoms with Crippen molar-refractivity contribution >= 4 is 65.4 Å². The molecule has 8 nitrogen and oxygen atoms in total. The van der Waals surface area contributed by atoms with E-state index < -0.39 is 0 Å². The van der Waals surface area contributed by atoms with Crippen molar-refractivity contribution in [3.8, 4) is 85.1 Å². The molecule has 378 valence electrons. The molecule has 0 saturated heterocycles. The Balaban J connectivity index is 1.02. The zero-order valence-electron chi connectivity index (χ0n) is 43.6. The van der Waals surface area contributed by atoms with Gasteiger partial charge in [0.05, 0.1) is 50.2 Å². The van der Waals surface area contributed by atoms with E-state index in [2.05, 4.69) is 220 Å². The van der Waals surface area contributed by atoms with Gasteiger partial charge in [0.15, 0.2) is 23.3 Å². The fourth-order valence-corrected chi connectivity index (χ4v) is 12.0. The van der Waals surface area contributed by atoms with Gasteiger partial charge in [0.25, 0.3) is 0 Å². The first kappa shape index (κ1) is 46.0. The summed E-state index contributed by atoms with van der Waals surface area (Å²) in [5, 5.41) is 7.04. The van der Waals surface area contributed by atoms with Crippen LogP contribution in [0.4, 0.5) is 0 Å². The Bertz CT molecular complexity index is 4710. The number of nitrogens with zero attached hydrogens (tertiary/aromatic N) is 8. The molecule has 0 radical (unpaired) electrons. The van der Waals surface area contributed by atoms with Gasteiger partial charge >= 0.3 is 0 Å². The predicted molar refractivity (Wildman–Crippen MR) is 331 cm³/mol. The molecule has 0 fully saturated rings. The molecule has 0 aliphatic heterocycles. The Kier molecular flexibility index (Phi) is 10.7. The minimum absolute atomic E-state index is 0.521. The highest BCUT2D eigenvalue weighted by Crippen LogP contribution is 2.43. The zero-order valence-corrected chi connectivity index (χ0v) is 43.6. The van der Waals surface area contributed by atoms with Crippen molar-refractivity contribution in [2.24, 2.45) is 0 Å². The van der Waals surface area contributed by atoms with Crippen molar-refractivity contribution in [1.29, 1.82) is 0 Å². The maximum Gasteiger partial charge on any atom is 0.166 e. The summed E-state index contributed by atoms with van der Waals surface area (Å²) in [5.41, 5.74) is 16.6. The molecule has 16 aromatic rings. The topological polar surface area (TPSA) is 79.2 Å². The highest BCUT2D eigenvalue weighted by molar-refractivity contribution is 6.14. The molecule has 0 saturated carbocycles. The average Bonchev–Trinajstić information content (AvgIpc) is 3.75. The normalized spacial score (nSPS) is 11.7. The number of rotatable bonds is 9. The van der Waals surface area contributed by atoms with Gasteiger partial charge in [-0.2, -0.15) is 0 Å². The minimum atomic E-state index is 0.521. The third kappa shape index (κ3) is 7.72. The smallest absolute Gasteiger partial charge is 0.166 e. The number of hydrogen-bond acceptors (Lipinski definition) is 5. The predicted octanol–water partition coefficient (Wildman–Crippen LogP) is 18.0. The average molecular weight is 1040 g/mol. The van der Waals surface area contributed by atoms with E-state index in [-0.39, 0.29) is 0 Å². The van der Waals surface area contributed by atoms with Gasteiger partial charge in [-0.1, -0.05) is 212 Å². The highest BCUT2D eigenvalue weighted by atomic mass is 15.1. The summed E-state index contributed by atoms with van der Waals surface area (Å²) in [5.74, 6) is 2.29. The maximum atomic E-state index is 5.47. The Hall–Kier alpha value is -11.1. The molecule has 11 aromatic carbocycles. The number of fused-ring (bicyclic) bond motifs is 9. The lowest BCUT2D eigenvalue weighted by molar-refractivity contribution is 1.06. The summed E-state index contributed by atoms with van der Waals surface area (Å²) in [6.45, 7) is 0. The van der Waals surface area contributed by atoms with Crippen LogP contribution in [0.3, 0.4) is 0 Å². The van der Waals surface area contributed by atoms with E-state index in [9.17, 15) is 0 Å². The number of benzene rings is 11. The summed E-state index contributed by atoms with van der Waals surface area (Å²) in [4.78, 5) is 26.7. The Morgan fingerprint density at radius 2 is 0.556 bits per heavy atom. The molecular weight excluding hydrogens is 989 g/mol. The first-order chi connectivity index (χ1) is 40.2. The molecule has 0 amide bonds. The molecule has 0 aliphatic carbocycles. The van der Waals surface area contributed by atoms with E-state index >= 15 is 0 Å². The quantitative estimate of drug-likeness (QED) is 0.144. The Morgan fingerprint density at radius 1 is 0.210 bits per heavy atom. The summed E-state index contributed by atoms with van der Waals surface area (Å²) in [6.07, 6.45) is 0.